The zero-order valence-electron chi connectivity index (χ0n) is 14.0. The number of anilines is 2. The van der Waals surface area contributed by atoms with Gasteiger partial charge in [0, 0.05) is 40.2 Å². The fourth-order valence-corrected chi connectivity index (χ4v) is 3.68. The van der Waals surface area contributed by atoms with E-state index in [1.807, 2.05) is 0 Å². The smallest absolute Gasteiger partial charge is 0.0490 e. The number of fused-ring (bicyclic) bond motifs is 4. The van der Waals surface area contributed by atoms with Gasteiger partial charge < -0.3 is 9.88 Å². The summed E-state index contributed by atoms with van der Waals surface area (Å²) in [6.45, 7) is 0. The van der Waals surface area contributed by atoms with Crippen LogP contribution in [0.5, 0.6) is 0 Å². The molecule has 1 N–H and O–H groups in total. The molecule has 5 rings (SSSR count). The summed E-state index contributed by atoms with van der Waals surface area (Å²) >= 11 is 0. The number of benzene rings is 4. The van der Waals surface area contributed by atoms with Crippen LogP contribution in [-0.2, 0) is 7.05 Å². The number of hydrogen-bond acceptors (Lipinski definition) is 1. The molecule has 0 spiro atoms. The molecule has 0 saturated carbocycles. The Morgan fingerprint density at radius 1 is 0.600 bits per heavy atom. The van der Waals surface area contributed by atoms with E-state index in [4.69, 9.17) is 0 Å². The second-order valence-corrected chi connectivity index (χ2v) is 6.50. The number of para-hydroxylation sites is 1. The summed E-state index contributed by atoms with van der Waals surface area (Å²) in [5, 5.41) is 8.64. The van der Waals surface area contributed by atoms with Crippen LogP contribution in [0.2, 0.25) is 0 Å². The average Bonchev–Trinajstić information content (AvgIpc) is 2.94. The first-order chi connectivity index (χ1) is 12.3. The molecule has 0 radical (unpaired) electrons. The van der Waals surface area contributed by atoms with Crippen LogP contribution >= 0.6 is 0 Å². The predicted molar refractivity (Wildman–Crippen MR) is 108 cm³/mol. The Hall–Kier alpha value is -3.26. The van der Waals surface area contributed by atoms with Crippen LogP contribution in [-0.4, -0.2) is 4.57 Å². The van der Waals surface area contributed by atoms with Crippen LogP contribution in [0.1, 0.15) is 0 Å². The van der Waals surface area contributed by atoms with Gasteiger partial charge in [-0.1, -0.05) is 48.5 Å². The minimum atomic E-state index is 1.11. The highest BCUT2D eigenvalue weighted by Crippen LogP contribution is 2.31. The molecule has 0 unspecified atom stereocenters. The van der Waals surface area contributed by atoms with Gasteiger partial charge in [0.25, 0.3) is 0 Å². The molecule has 0 saturated heterocycles. The quantitative estimate of drug-likeness (QED) is 0.408. The lowest BCUT2D eigenvalue weighted by molar-refractivity contribution is 1.01. The highest BCUT2D eigenvalue weighted by atomic mass is 14.9. The Labute approximate surface area is 146 Å². The second kappa shape index (κ2) is 5.38. The van der Waals surface area contributed by atoms with Gasteiger partial charge in [0.15, 0.2) is 0 Å². The Kier molecular flexibility index (Phi) is 3.04. The summed E-state index contributed by atoms with van der Waals surface area (Å²) in [7, 11) is 2.13. The van der Waals surface area contributed by atoms with Gasteiger partial charge in [-0.15, -0.1) is 0 Å². The molecule has 2 nitrogen and oxygen atoms in total. The molecule has 0 aliphatic rings. The second-order valence-electron chi connectivity index (χ2n) is 6.50. The molecule has 2 heteroatoms. The maximum atomic E-state index is 3.55. The van der Waals surface area contributed by atoms with Crippen molar-refractivity contribution in [2.24, 2.45) is 7.05 Å². The topological polar surface area (TPSA) is 17.0 Å². The van der Waals surface area contributed by atoms with E-state index < -0.39 is 0 Å². The third kappa shape index (κ3) is 2.26. The highest BCUT2D eigenvalue weighted by Gasteiger charge is 2.08. The van der Waals surface area contributed by atoms with Crippen molar-refractivity contribution in [2.45, 2.75) is 0 Å². The fraction of sp³-hybridized carbons (Fsp3) is 0.0435. The lowest BCUT2D eigenvalue weighted by atomic mass is 10.1. The SMILES string of the molecule is Cn1c2ccccc2c2cc(Nc3ccc4ccccc4c3)ccc21. The monoisotopic (exact) mass is 322 g/mol. The summed E-state index contributed by atoms with van der Waals surface area (Å²) in [4.78, 5) is 0. The average molecular weight is 322 g/mol. The van der Waals surface area contributed by atoms with Crippen LogP contribution in [0, 0.1) is 0 Å². The molecule has 5 aromatic rings. The summed E-state index contributed by atoms with van der Waals surface area (Å²) < 4.78 is 2.25. The standard InChI is InChI=1S/C23H18N2/c1-25-22-9-5-4-8-20(22)21-15-19(12-13-23(21)25)24-18-11-10-16-6-2-3-7-17(16)14-18/h2-15,24H,1H3. The van der Waals surface area contributed by atoms with E-state index in [0.29, 0.717) is 0 Å². The van der Waals surface area contributed by atoms with Crippen LogP contribution in [0.15, 0.2) is 84.9 Å². The molecule has 25 heavy (non-hydrogen) atoms. The molecular formula is C23H18N2. The van der Waals surface area contributed by atoms with Crippen molar-refractivity contribution in [1.29, 1.82) is 0 Å². The van der Waals surface area contributed by atoms with Gasteiger partial charge in [-0.05, 0) is 47.2 Å². The van der Waals surface area contributed by atoms with Crippen LogP contribution in [0.4, 0.5) is 11.4 Å². The number of hydrogen-bond donors (Lipinski definition) is 1. The first kappa shape index (κ1) is 14.1. The van der Waals surface area contributed by atoms with Crippen LogP contribution in [0.25, 0.3) is 32.6 Å². The molecule has 120 valence electrons. The van der Waals surface area contributed by atoms with Crippen molar-refractivity contribution in [3.8, 4) is 0 Å². The first-order valence-corrected chi connectivity index (χ1v) is 8.53. The third-order valence-electron chi connectivity index (χ3n) is 4.95. The number of aromatic nitrogens is 1. The Balaban J connectivity index is 1.61. The van der Waals surface area contributed by atoms with E-state index in [-0.39, 0.29) is 0 Å². The van der Waals surface area contributed by atoms with Crippen molar-refractivity contribution in [1.82, 2.24) is 4.57 Å². The lowest BCUT2D eigenvalue weighted by Crippen LogP contribution is -1.91. The van der Waals surface area contributed by atoms with Crippen molar-refractivity contribution in [2.75, 3.05) is 5.32 Å². The van der Waals surface area contributed by atoms with E-state index in [0.717, 1.165) is 11.4 Å². The number of nitrogens with zero attached hydrogens (tertiary/aromatic N) is 1. The summed E-state index contributed by atoms with van der Waals surface area (Å²) in [6.07, 6.45) is 0. The fourth-order valence-electron chi connectivity index (χ4n) is 3.68. The molecule has 0 aliphatic carbocycles. The summed E-state index contributed by atoms with van der Waals surface area (Å²) in [6, 6.07) is 30.1. The summed E-state index contributed by atoms with van der Waals surface area (Å²) in [5.74, 6) is 0. The van der Waals surface area contributed by atoms with Crippen LogP contribution in [0.3, 0.4) is 0 Å². The Bertz CT molecular complexity index is 1230. The normalized spacial score (nSPS) is 11.4. The minimum Gasteiger partial charge on any atom is -0.355 e. The number of nitrogens with one attached hydrogen (secondary N) is 1. The third-order valence-corrected chi connectivity index (χ3v) is 4.95. The number of aryl methyl sites for hydroxylation is 1. The molecule has 0 amide bonds. The van der Waals surface area contributed by atoms with Gasteiger partial charge in [0.1, 0.15) is 0 Å². The maximum Gasteiger partial charge on any atom is 0.0490 e. The van der Waals surface area contributed by atoms with Gasteiger partial charge >= 0.3 is 0 Å². The molecule has 1 heterocycles. The van der Waals surface area contributed by atoms with Crippen molar-refractivity contribution < 1.29 is 0 Å². The molecule has 0 atom stereocenters. The van der Waals surface area contributed by atoms with E-state index in [1.54, 1.807) is 0 Å². The zero-order valence-corrected chi connectivity index (χ0v) is 14.0. The van der Waals surface area contributed by atoms with Crippen molar-refractivity contribution in [3.63, 3.8) is 0 Å². The van der Waals surface area contributed by atoms with E-state index in [9.17, 15) is 0 Å². The number of rotatable bonds is 2. The molecular weight excluding hydrogens is 304 g/mol. The zero-order chi connectivity index (χ0) is 16.8. The maximum absolute atomic E-state index is 3.55. The van der Waals surface area contributed by atoms with Crippen molar-refractivity contribution >= 4 is 44.0 Å². The van der Waals surface area contributed by atoms with Gasteiger partial charge in [-0.2, -0.15) is 0 Å². The lowest BCUT2D eigenvalue weighted by Gasteiger charge is -2.08. The largest absolute Gasteiger partial charge is 0.355 e. The summed E-state index contributed by atoms with van der Waals surface area (Å²) in [5.41, 5.74) is 4.74. The van der Waals surface area contributed by atoms with Crippen LogP contribution < -0.4 is 5.32 Å². The predicted octanol–water partition coefficient (Wildman–Crippen LogP) is 6.23. The van der Waals surface area contributed by atoms with Crippen molar-refractivity contribution in [3.05, 3.63) is 84.9 Å². The highest BCUT2D eigenvalue weighted by molar-refractivity contribution is 6.09. The Morgan fingerprint density at radius 3 is 2.20 bits per heavy atom. The van der Waals surface area contributed by atoms with Gasteiger partial charge in [0.05, 0.1) is 0 Å². The van der Waals surface area contributed by atoms with Gasteiger partial charge in [-0.25, -0.2) is 0 Å². The van der Waals surface area contributed by atoms with E-state index in [1.165, 1.54) is 32.6 Å². The first-order valence-electron chi connectivity index (χ1n) is 8.53. The molecule has 4 aromatic carbocycles. The molecule has 0 aliphatic heterocycles. The molecule has 0 fully saturated rings. The van der Waals surface area contributed by atoms with E-state index >= 15 is 0 Å². The molecule has 1 aromatic heterocycles. The van der Waals surface area contributed by atoms with Gasteiger partial charge in [0.2, 0.25) is 0 Å². The van der Waals surface area contributed by atoms with Gasteiger partial charge in [-0.3, -0.25) is 0 Å². The minimum absolute atomic E-state index is 1.11. The van der Waals surface area contributed by atoms with E-state index in [2.05, 4.69) is 102 Å². The molecule has 0 bridgehead atoms. The Morgan fingerprint density at radius 2 is 1.28 bits per heavy atom.